The molecule has 3 heteroatoms. The van der Waals surface area contributed by atoms with Crippen molar-refractivity contribution in [3.05, 3.63) is 18.0 Å². The van der Waals surface area contributed by atoms with Crippen molar-refractivity contribution in [3.63, 3.8) is 0 Å². The van der Waals surface area contributed by atoms with Gasteiger partial charge in [-0.3, -0.25) is 0 Å². The van der Waals surface area contributed by atoms with Crippen molar-refractivity contribution in [2.75, 3.05) is 18.0 Å². The number of unbranched alkanes of at least 4 members (excludes halogenated alkanes) is 3. The number of hydrogen-bond acceptors (Lipinski definition) is 3. The standard InChI is InChI=1S/C16H29N3/c1-4-7-9-14-19(13-8-5-2)16-17-12-11-15(18-16)10-6-3/h11-12H,4-10,13-14H2,1-3H3. The lowest BCUT2D eigenvalue weighted by molar-refractivity contribution is 0.639. The van der Waals surface area contributed by atoms with Gasteiger partial charge < -0.3 is 4.90 Å². The minimum absolute atomic E-state index is 0.926. The third-order valence-corrected chi connectivity index (χ3v) is 3.30. The Labute approximate surface area is 118 Å². The Hall–Kier alpha value is -1.12. The molecule has 0 N–H and O–H groups in total. The van der Waals surface area contributed by atoms with Gasteiger partial charge in [-0.2, -0.15) is 0 Å². The molecule has 0 atom stereocenters. The maximum absolute atomic E-state index is 4.71. The van der Waals surface area contributed by atoms with Crippen molar-refractivity contribution in [3.8, 4) is 0 Å². The molecular weight excluding hydrogens is 234 g/mol. The molecule has 0 radical (unpaired) electrons. The van der Waals surface area contributed by atoms with Crippen molar-refractivity contribution in [2.45, 2.75) is 65.7 Å². The fourth-order valence-corrected chi connectivity index (χ4v) is 2.15. The fourth-order valence-electron chi connectivity index (χ4n) is 2.15. The van der Waals surface area contributed by atoms with Gasteiger partial charge in [0.1, 0.15) is 0 Å². The maximum atomic E-state index is 4.71. The van der Waals surface area contributed by atoms with Crippen LogP contribution >= 0.6 is 0 Å². The molecule has 1 heterocycles. The summed E-state index contributed by atoms with van der Waals surface area (Å²) in [5, 5.41) is 0. The van der Waals surface area contributed by atoms with Gasteiger partial charge in [-0.25, -0.2) is 9.97 Å². The Morgan fingerprint density at radius 2 is 1.68 bits per heavy atom. The number of aromatic nitrogens is 2. The van der Waals surface area contributed by atoms with E-state index in [0.717, 1.165) is 31.9 Å². The molecule has 1 aromatic rings. The average molecular weight is 263 g/mol. The molecule has 0 amide bonds. The summed E-state index contributed by atoms with van der Waals surface area (Å²) in [6, 6.07) is 2.04. The maximum Gasteiger partial charge on any atom is 0.225 e. The van der Waals surface area contributed by atoms with Crippen LogP contribution in [0.15, 0.2) is 12.3 Å². The van der Waals surface area contributed by atoms with Gasteiger partial charge in [0.25, 0.3) is 0 Å². The number of anilines is 1. The van der Waals surface area contributed by atoms with E-state index < -0.39 is 0 Å². The number of aryl methyl sites for hydroxylation is 1. The van der Waals surface area contributed by atoms with Gasteiger partial charge in [-0.1, -0.05) is 46.5 Å². The van der Waals surface area contributed by atoms with E-state index >= 15 is 0 Å². The SMILES string of the molecule is CCCCCN(CCCC)c1nccc(CCC)n1. The summed E-state index contributed by atoms with van der Waals surface area (Å²) in [6.45, 7) is 8.84. The van der Waals surface area contributed by atoms with Gasteiger partial charge in [0.2, 0.25) is 5.95 Å². The number of nitrogens with zero attached hydrogens (tertiary/aromatic N) is 3. The lowest BCUT2D eigenvalue weighted by atomic mass is 10.2. The van der Waals surface area contributed by atoms with Crippen molar-refractivity contribution in [1.29, 1.82) is 0 Å². The van der Waals surface area contributed by atoms with E-state index in [1.165, 1.54) is 37.8 Å². The van der Waals surface area contributed by atoms with Crippen LogP contribution in [0.3, 0.4) is 0 Å². The zero-order valence-corrected chi connectivity index (χ0v) is 12.9. The summed E-state index contributed by atoms with van der Waals surface area (Å²) in [5.41, 5.74) is 1.17. The van der Waals surface area contributed by atoms with Crippen LogP contribution in [0, 0.1) is 0 Å². The van der Waals surface area contributed by atoms with Crippen LogP contribution in [0.1, 0.15) is 65.0 Å². The van der Waals surface area contributed by atoms with Crippen molar-refractivity contribution >= 4 is 5.95 Å². The highest BCUT2D eigenvalue weighted by Gasteiger charge is 2.09. The van der Waals surface area contributed by atoms with Crippen LogP contribution < -0.4 is 4.90 Å². The van der Waals surface area contributed by atoms with Crippen LogP contribution in [0.25, 0.3) is 0 Å². The van der Waals surface area contributed by atoms with Crippen LogP contribution in [-0.4, -0.2) is 23.1 Å². The Morgan fingerprint density at radius 1 is 0.947 bits per heavy atom. The monoisotopic (exact) mass is 263 g/mol. The first kappa shape index (κ1) is 15.9. The zero-order valence-electron chi connectivity index (χ0n) is 12.9. The van der Waals surface area contributed by atoms with Gasteiger partial charge >= 0.3 is 0 Å². The van der Waals surface area contributed by atoms with E-state index in [4.69, 9.17) is 4.98 Å². The number of rotatable bonds is 10. The van der Waals surface area contributed by atoms with Crippen LogP contribution in [-0.2, 0) is 6.42 Å². The first-order valence-electron chi connectivity index (χ1n) is 7.88. The zero-order chi connectivity index (χ0) is 13.9. The van der Waals surface area contributed by atoms with Gasteiger partial charge in [-0.05, 0) is 25.3 Å². The Bertz CT molecular complexity index is 339. The smallest absolute Gasteiger partial charge is 0.225 e. The minimum Gasteiger partial charge on any atom is -0.341 e. The summed E-state index contributed by atoms with van der Waals surface area (Å²) in [7, 11) is 0. The van der Waals surface area contributed by atoms with Crippen molar-refractivity contribution in [1.82, 2.24) is 9.97 Å². The number of hydrogen-bond donors (Lipinski definition) is 0. The Kier molecular flexibility index (Phi) is 8.19. The molecule has 0 unspecified atom stereocenters. The predicted octanol–water partition coefficient (Wildman–Crippen LogP) is 4.23. The second-order valence-electron chi connectivity index (χ2n) is 5.15. The van der Waals surface area contributed by atoms with E-state index in [1.807, 2.05) is 12.3 Å². The summed E-state index contributed by atoms with van der Waals surface area (Å²) < 4.78 is 0. The molecule has 1 aromatic heterocycles. The second kappa shape index (κ2) is 9.76. The first-order valence-corrected chi connectivity index (χ1v) is 7.88. The Morgan fingerprint density at radius 3 is 2.37 bits per heavy atom. The van der Waals surface area contributed by atoms with E-state index in [2.05, 4.69) is 30.7 Å². The van der Waals surface area contributed by atoms with E-state index in [-0.39, 0.29) is 0 Å². The molecule has 0 aliphatic rings. The molecule has 3 nitrogen and oxygen atoms in total. The third kappa shape index (κ3) is 6.04. The topological polar surface area (TPSA) is 29.0 Å². The quantitative estimate of drug-likeness (QED) is 0.592. The van der Waals surface area contributed by atoms with Crippen molar-refractivity contribution in [2.24, 2.45) is 0 Å². The summed E-state index contributed by atoms with van der Waals surface area (Å²) >= 11 is 0. The Balaban J connectivity index is 2.68. The third-order valence-electron chi connectivity index (χ3n) is 3.30. The molecule has 0 aromatic carbocycles. The largest absolute Gasteiger partial charge is 0.341 e. The van der Waals surface area contributed by atoms with Gasteiger partial charge in [-0.15, -0.1) is 0 Å². The highest BCUT2D eigenvalue weighted by molar-refractivity contribution is 5.30. The molecule has 0 aliphatic carbocycles. The average Bonchev–Trinajstić information content (AvgIpc) is 2.43. The molecule has 0 spiro atoms. The molecular formula is C16H29N3. The minimum atomic E-state index is 0.926. The van der Waals surface area contributed by atoms with E-state index in [9.17, 15) is 0 Å². The van der Waals surface area contributed by atoms with Crippen molar-refractivity contribution < 1.29 is 0 Å². The van der Waals surface area contributed by atoms with E-state index in [0.29, 0.717) is 0 Å². The molecule has 19 heavy (non-hydrogen) atoms. The molecule has 0 saturated heterocycles. The van der Waals surface area contributed by atoms with Crippen LogP contribution in [0.5, 0.6) is 0 Å². The first-order chi connectivity index (χ1) is 9.31. The van der Waals surface area contributed by atoms with Crippen LogP contribution in [0.4, 0.5) is 5.95 Å². The lowest BCUT2D eigenvalue weighted by Crippen LogP contribution is -2.27. The van der Waals surface area contributed by atoms with Gasteiger partial charge in [0.15, 0.2) is 0 Å². The van der Waals surface area contributed by atoms with Gasteiger partial charge in [0.05, 0.1) is 0 Å². The van der Waals surface area contributed by atoms with E-state index in [1.54, 1.807) is 0 Å². The predicted molar refractivity (Wildman–Crippen MR) is 82.7 cm³/mol. The molecule has 0 saturated carbocycles. The molecule has 0 fully saturated rings. The summed E-state index contributed by atoms with van der Waals surface area (Å²) in [4.78, 5) is 11.5. The van der Waals surface area contributed by atoms with Crippen LogP contribution in [0.2, 0.25) is 0 Å². The highest BCUT2D eigenvalue weighted by atomic mass is 15.2. The second-order valence-corrected chi connectivity index (χ2v) is 5.15. The molecule has 1 rings (SSSR count). The molecule has 108 valence electrons. The molecule has 0 bridgehead atoms. The lowest BCUT2D eigenvalue weighted by Gasteiger charge is -2.22. The normalized spacial score (nSPS) is 10.7. The highest BCUT2D eigenvalue weighted by Crippen LogP contribution is 2.12. The summed E-state index contributed by atoms with van der Waals surface area (Å²) in [5.74, 6) is 0.926. The molecule has 0 aliphatic heterocycles. The fraction of sp³-hybridized carbons (Fsp3) is 0.750. The van der Waals surface area contributed by atoms with Gasteiger partial charge in [0, 0.05) is 25.0 Å². The summed E-state index contributed by atoms with van der Waals surface area (Å²) in [6.07, 6.45) is 10.3.